The first-order chi connectivity index (χ1) is 9.78. The van der Waals surface area contributed by atoms with Crippen LogP contribution in [0.15, 0.2) is 34.7 Å². The van der Waals surface area contributed by atoms with Gasteiger partial charge < -0.3 is 14.7 Å². The molecule has 0 unspecified atom stereocenters. The van der Waals surface area contributed by atoms with Gasteiger partial charge in [-0.15, -0.1) is 17.9 Å². The summed E-state index contributed by atoms with van der Waals surface area (Å²) in [6.45, 7) is 5.25. The Bertz CT molecular complexity index is 602. The molecule has 0 bridgehead atoms. The van der Waals surface area contributed by atoms with Gasteiger partial charge in [0.2, 0.25) is 11.7 Å². The van der Waals surface area contributed by atoms with E-state index in [9.17, 15) is 4.79 Å². The SMILES string of the molecule is C=CCNC(=O)N1CC(c2nc(-c3cccs3)no2)C1. The van der Waals surface area contributed by atoms with E-state index in [1.807, 2.05) is 17.5 Å². The summed E-state index contributed by atoms with van der Waals surface area (Å²) in [5, 5.41) is 8.68. The smallest absolute Gasteiger partial charge is 0.317 e. The molecule has 2 aromatic heterocycles. The van der Waals surface area contributed by atoms with Crippen molar-refractivity contribution in [3.05, 3.63) is 36.1 Å². The summed E-state index contributed by atoms with van der Waals surface area (Å²) in [4.78, 5) is 18.7. The number of thiophene rings is 1. The fourth-order valence-corrected chi connectivity index (χ4v) is 2.63. The van der Waals surface area contributed by atoms with Crippen LogP contribution in [0.25, 0.3) is 10.7 Å². The second kappa shape index (κ2) is 5.46. The molecule has 20 heavy (non-hydrogen) atoms. The average molecular weight is 290 g/mol. The van der Waals surface area contributed by atoms with E-state index in [-0.39, 0.29) is 11.9 Å². The van der Waals surface area contributed by atoms with Crippen molar-refractivity contribution in [2.24, 2.45) is 0 Å². The molecule has 0 aliphatic carbocycles. The predicted molar refractivity (Wildman–Crippen MR) is 75.5 cm³/mol. The van der Waals surface area contributed by atoms with Crippen LogP contribution in [0.3, 0.4) is 0 Å². The van der Waals surface area contributed by atoms with Crippen molar-refractivity contribution in [3.63, 3.8) is 0 Å². The van der Waals surface area contributed by atoms with E-state index in [4.69, 9.17) is 4.52 Å². The van der Waals surface area contributed by atoms with Crippen LogP contribution in [-0.4, -0.2) is 40.7 Å². The standard InChI is InChI=1S/C13H14N4O2S/c1-2-5-14-13(18)17-7-9(8-17)12-15-11(16-19-12)10-4-3-6-20-10/h2-4,6,9H,1,5,7-8H2,(H,14,18). The highest BCUT2D eigenvalue weighted by Gasteiger charge is 2.35. The van der Waals surface area contributed by atoms with Gasteiger partial charge in [-0.2, -0.15) is 4.98 Å². The number of hydrogen-bond donors (Lipinski definition) is 1. The summed E-state index contributed by atoms with van der Waals surface area (Å²) in [6.07, 6.45) is 1.65. The maximum Gasteiger partial charge on any atom is 0.317 e. The lowest BCUT2D eigenvalue weighted by Crippen LogP contribution is -2.52. The van der Waals surface area contributed by atoms with Crippen molar-refractivity contribution in [1.82, 2.24) is 20.4 Å². The molecule has 1 aliphatic heterocycles. The molecule has 1 aliphatic rings. The minimum Gasteiger partial charge on any atom is -0.339 e. The largest absolute Gasteiger partial charge is 0.339 e. The fourth-order valence-electron chi connectivity index (χ4n) is 1.98. The van der Waals surface area contributed by atoms with Crippen LogP contribution in [0.5, 0.6) is 0 Å². The molecule has 0 atom stereocenters. The van der Waals surface area contributed by atoms with Crippen LogP contribution in [0.2, 0.25) is 0 Å². The molecule has 1 fully saturated rings. The molecule has 3 rings (SSSR count). The van der Waals surface area contributed by atoms with Crippen LogP contribution >= 0.6 is 11.3 Å². The Morgan fingerprint density at radius 2 is 2.50 bits per heavy atom. The second-order valence-electron chi connectivity index (χ2n) is 4.51. The molecule has 7 heteroatoms. The number of nitrogens with one attached hydrogen (secondary N) is 1. The van der Waals surface area contributed by atoms with E-state index < -0.39 is 0 Å². The summed E-state index contributed by atoms with van der Waals surface area (Å²) >= 11 is 1.57. The number of aromatic nitrogens is 2. The zero-order chi connectivity index (χ0) is 13.9. The van der Waals surface area contributed by atoms with E-state index in [0.29, 0.717) is 31.3 Å². The van der Waals surface area contributed by atoms with Crippen LogP contribution in [0.4, 0.5) is 4.79 Å². The van der Waals surface area contributed by atoms with E-state index in [1.165, 1.54) is 0 Å². The Labute approximate surface area is 120 Å². The molecule has 0 saturated carbocycles. The van der Waals surface area contributed by atoms with Gasteiger partial charge in [-0.25, -0.2) is 4.79 Å². The van der Waals surface area contributed by atoms with Crippen molar-refractivity contribution in [3.8, 4) is 10.7 Å². The Morgan fingerprint density at radius 1 is 1.65 bits per heavy atom. The Balaban J connectivity index is 1.58. The summed E-state index contributed by atoms with van der Waals surface area (Å²) in [5.74, 6) is 1.34. The van der Waals surface area contributed by atoms with E-state index in [2.05, 4.69) is 22.0 Å². The Hall–Kier alpha value is -2.15. The maximum atomic E-state index is 11.7. The minimum atomic E-state index is -0.0841. The third-order valence-electron chi connectivity index (χ3n) is 3.10. The predicted octanol–water partition coefficient (Wildman–Crippen LogP) is 2.09. The van der Waals surface area contributed by atoms with Crippen molar-refractivity contribution < 1.29 is 9.32 Å². The van der Waals surface area contributed by atoms with Crippen LogP contribution in [0, 0.1) is 0 Å². The van der Waals surface area contributed by atoms with Crippen LogP contribution in [-0.2, 0) is 0 Å². The third kappa shape index (κ3) is 2.44. The lowest BCUT2D eigenvalue weighted by atomic mass is 10.0. The van der Waals surface area contributed by atoms with Crippen molar-refractivity contribution in [2.75, 3.05) is 19.6 Å². The van der Waals surface area contributed by atoms with E-state index in [1.54, 1.807) is 22.3 Å². The molecule has 0 aromatic carbocycles. The summed E-state index contributed by atoms with van der Waals surface area (Å²) in [5.41, 5.74) is 0. The second-order valence-corrected chi connectivity index (χ2v) is 5.46. The number of amides is 2. The molecular formula is C13H14N4O2S. The van der Waals surface area contributed by atoms with Crippen LogP contribution in [0.1, 0.15) is 11.8 Å². The van der Waals surface area contributed by atoms with Gasteiger partial charge >= 0.3 is 6.03 Å². The number of rotatable bonds is 4. The minimum absolute atomic E-state index is 0.0841. The summed E-state index contributed by atoms with van der Waals surface area (Å²) in [7, 11) is 0. The zero-order valence-electron chi connectivity index (χ0n) is 10.8. The molecule has 0 radical (unpaired) electrons. The molecule has 2 amide bonds. The Morgan fingerprint density at radius 3 is 3.20 bits per heavy atom. The number of hydrogen-bond acceptors (Lipinski definition) is 5. The number of likely N-dealkylation sites (tertiary alicyclic amines) is 1. The zero-order valence-corrected chi connectivity index (χ0v) is 11.6. The van der Waals surface area contributed by atoms with Gasteiger partial charge in [-0.1, -0.05) is 17.3 Å². The molecule has 1 N–H and O–H groups in total. The first-order valence-corrected chi connectivity index (χ1v) is 7.17. The van der Waals surface area contributed by atoms with Gasteiger partial charge in [-0.05, 0) is 11.4 Å². The van der Waals surface area contributed by atoms with Gasteiger partial charge in [0.05, 0.1) is 10.8 Å². The molecule has 2 aromatic rings. The summed E-state index contributed by atoms with van der Waals surface area (Å²) in [6, 6.07) is 3.82. The highest BCUT2D eigenvalue weighted by molar-refractivity contribution is 7.13. The number of urea groups is 1. The molecule has 104 valence electrons. The van der Waals surface area contributed by atoms with Crippen LogP contribution < -0.4 is 5.32 Å². The van der Waals surface area contributed by atoms with Gasteiger partial charge in [0, 0.05) is 19.6 Å². The van der Waals surface area contributed by atoms with Crippen molar-refractivity contribution >= 4 is 17.4 Å². The summed E-state index contributed by atoms with van der Waals surface area (Å²) < 4.78 is 5.27. The van der Waals surface area contributed by atoms with Gasteiger partial charge in [0.15, 0.2) is 0 Å². The lowest BCUT2D eigenvalue weighted by Gasteiger charge is -2.36. The Kier molecular flexibility index (Phi) is 3.51. The molecule has 0 spiro atoms. The molecule has 3 heterocycles. The highest BCUT2D eigenvalue weighted by Crippen LogP contribution is 2.28. The third-order valence-corrected chi connectivity index (χ3v) is 3.96. The van der Waals surface area contributed by atoms with Gasteiger partial charge in [0.25, 0.3) is 0 Å². The normalized spacial score (nSPS) is 14.9. The number of nitrogens with zero attached hydrogens (tertiary/aromatic N) is 3. The quantitative estimate of drug-likeness (QED) is 0.875. The van der Waals surface area contributed by atoms with E-state index in [0.717, 1.165) is 4.88 Å². The van der Waals surface area contributed by atoms with Crippen molar-refractivity contribution in [1.29, 1.82) is 0 Å². The fraction of sp³-hybridized carbons (Fsp3) is 0.308. The first-order valence-electron chi connectivity index (χ1n) is 6.29. The number of carbonyl (C=O) groups is 1. The average Bonchev–Trinajstić information content (AvgIpc) is 3.04. The lowest BCUT2D eigenvalue weighted by molar-refractivity contribution is 0.137. The molecule has 6 nitrogen and oxygen atoms in total. The first kappa shape index (κ1) is 12.9. The number of carbonyl (C=O) groups excluding carboxylic acids is 1. The van der Waals surface area contributed by atoms with Crippen molar-refractivity contribution in [2.45, 2.75) is 5.92 Å². The molecule has 1 saturated heterocycles. The highest BCUT2D eigenvalue weighted by atomic mass is 32.1. The molecular weight excluding hydrogens is 276 g/mol. The monoisotopic (exact) mass is 290 g/mol. The maximum absolute atomic E-state index is 11.7. The topological polar surface area (TPSA) is 71.3 Å². The van der Waals surface area contributed by atoms with Gasteiger partial charge in [0.1, 0.15) is 0 Å². The van der Waals surface area contributed by atoms with E-state index >= 15 is 0 Å². The van der Waals surface area contributed by atoms with Gasteiger partial charge in [-0.3, -0.25) is 0 Å².